The molecule has 6 nitrogen and oxygen atoms in total. The first-order valence-corrected chi connectivity index (χ1v) is 9.84. The SMILES string of the molecule is CC(C)(C)OC(=O)/N=C1\C[C@H]2CNC[C@@]2(C(=O)NCc2cccc(C(F)(F)F)c2)C1. The summed E-state index contributed by atoms with van der Waals surface area (Å²) in [5.74, 6) is -0.274. The van der Waals surface area contributed by atoms with Crippen molar-refractivity contribution >= 4 is 17.7 Å². The summed E-state index contributed by atoms with van der Waals surface area (Å²) in [6.07, 6.45) is -4.29. The van der Waals surface area contributed by atoms with Crippen molar-refractivity contribution < 1.29 is 27.5 Å². The predicted molar refractivity (Wildman–Crippen MR) is 105 cm³/mol. The normalized spacial score (nSPS) is 25.3. The molecule has 0 bridgehead atoms. The molecule has 1 aliphatic heterocycles. The third-order valence-electron chi connectivity index (χ3n) is 5.42. The number of halogens is 3. The highest BCUT2D eigenvalue weighted by molar-refractivity contribution is 6.01. The average Bonchev–Trinajstić information content (AvgIpc) is 3.15. The maximum Gasteiger partial charge on any atom is 0.434 e. The third kappa shape index (κ3) is 5.00. The number of amides is 2. The predicted octanol–water partition coefficient (Wildman–Crippen LogP) is 3.70. The van der Waals surface area contributed by atoms with Crippen LogP contribution < -0.4 is 10.6 Å². The van der Waals surface area contributed by atoms with Gasteiger partial charge in [-0.25, -0.2) is 4.79 Å². The van der Waals surface area contributed by atoms with Crippen LogP contribution in [-0.2, 0) is 22.3 Å². The summed E-state index contributed by atoms with van der Waals surface area (Å²) in [5.41, 5.74) is -1.18. The second kappa shape index (κ2) is 8.02. The van der Waals surface area contributed by atoms with Gasteiger partial charge in [0.2, 0.25) is 5.91 Å². The van der Waals surface area contributed by atoms with Gasteiger partial charge in [0.1, 0.15) is 5.60 Å². The molecule has 2 N–H and O–H groups in total. The molecule has 0 spiro atoms. The van der Waals surface area contributed by atoms with Crippen molar-refractivity contribution in [1.82, 2.24) is 10.6 Å². The Balaban J connectivity index is 1.68. The van der Waals surface area contributed by atoms with E-state index in [1.807, 2.05) is 0 Å². The number of carbonyl (C=O) groups is 2. The second-order valence-electron chi connectivity index (χ2n) is 8.90. The molecule has 9 heteroatoms. The summed E-state index contributed by atoms with van der Waals surface area (Å²) in [6.45, 7) is 6.29. The minimum atomic E-state index is -4.43. The van der Waals surface area contributed by atoms with E-state index in [1.54, 1.807) is 26.8 Å². The number of fused-ring (bicyclic) bond motifs is 1. The van der Waals surface area contributed by atoms with Gasteiger partial charge >= 0.3 is 12.3 Å². The molecule has 1 aliphatic carbocycles. The zero-order valence-electron chi connectivity index (χ0n) is 17.2. The van der Waals surface area contributed by atoms with Crippen molar-refractivity contribution in [3.8, 4) is 0 Å². The maximum absolute atomic E-state index is 13.0. The van der Waals surface area contributed by atoms with Crippen molar-refractivity contribution in [3.63, 3.8) is 0 Å². The van der Waals surface area contributed by atoms with Gasteiger partial charge in [0, 0.05) is 25.2 Å². The van der Waals surface area contributed by atoms with Crippen LogP contribution in [0.4, 0.5) is 18.0 Å². The van der Waals surface area contributed by atoms with Gasteiger partial charge in [-0.15, -0.1) is 0 Å². The molecule has 1 saturated heterocycles. The Hall–Kier alpha value is -2.42. The third-order valence-corrected chi connectivity index (χ3v) is 5.42. The van der Waals surface area contributed by atoms with Gasteiger partial charge in [0.25, 0.3) is 0 Å². The first-order chi connectivity index (χ1) is 13.9. The Kier molecular flexibility index (Phi) is 5.95. The van der Waals surface area contributed by atoms with Crippen molar-refractivity contribution in [2.24, 2.45) is 16.3 Å². The van der Waals surface area contributed by atoms with Crippen LogP contribution in [0.3, 0.4) is 0 Å². The van der Waals surface area contributed by atoms with E-state index in [1.165, 1.54) is 6.07 Å². The molecule has 0 unspecified atom stereocenters. The number of ether oxygens (including phenoxy) is 1. The fourth-order valence-electron chi connectivity index (χ4n) is 4.07. The van der Waals surface area contributed by atoms with Crippen LogP contribution in [0.15, 0.2) is 29.3 Å². The largest absolute Gasteiger partial charge is 0.442 e. The zero-order chi connectivity index (χ0) is 22.2. The minimum absolute atomic E-state index is 0.00420. The van der Waals surface area contributed by atoms with E-state index in [0.717, 1.165) is 12.1 Å². The van der Waals surface area contributed by atoms with Crippen LogP contribution >= 0.6 is 0 Å². The number of rotatable bonds is 3. The van der Waals surface area contributed by atoms with Crippen LogP contribution in [0.25, 0.3) is 0 Å². The zero-order valence-corrected chi connectivity index (χ0v) is 17.2. The lowest BCUT2D eigenvalue weighted by atomic mass is 9.79. The Morgan fingerprint density at radius 2 is 2.03 bits per heavy atom. The first kappa shape index (κ1) is 22.3. The lowest BCUT2D eigenvalue weighted by Gasteiger charge is -2.26. The van der Waals surface area contributed by atoms with Gasteiger partial charge in [-0.1, -0.05) is 12.1 Å². The quantitative estimate of drug-likeness (QED) is 0.774. The highest BCUT2D eigenvalue weighted by Gasteiger charge is 2.54. The van der Waals surface area contributed by atoms with Crippen LogP contribution in [-0.4, -0.2) is 36.4 Å². The molecule has 0 radical (unpaired) electrons. The van der Waals surface area contributed by atoms with E-state index >= 15 is 0 Å². The topological polar surface area (TPSA) is 79.8 Å². The van der Waals surface area contributed by atoms with Gasteiger partial charge < -0.3 is 15.4 Å². The lowest BCUT2D eigenvalue weighted by molar-refractivity contribution is -0.137. The molecule has 2 atom stereocenters. The van der Waals surface area contributed by atoms with Crippen molar-refractivity contribution in [2.45, 2.75) is 51.9 Å². The molecule has 3 rings (SSSR count). The van der Waals surface area contributed by atoms with E-state index in [2.05, 4.69) is 15.6 Å². The summed E-state index contributed by atoms with van der Waals surface area (Å²) in [4.78, 5) is 29.1. The van der Waals surface area contributed by atoms with Gasteiger partial charge in [-0.2, -0.15) is 18.2 Å². The fourth-order valence-corrected chi connectivity index (χ4v) is 4.07. The van der Waals surface area contributed by atoms with Crippen molar-refractivity contribution in [1.29, 1.82) is 0 Å². The summed E-state index contributed by atoms with van der Waals surface area (Å²) >= 11 is 0. The van der Waals surface area contributed by atoms with Gasteiger partial charge in [0.05, 0.1) is 11.0 Å². The Morgan fingerprint density at radius 1 is 1.30 bits per heavy atom. The smallest absolute Gasteiger partial charge is 0.434 e. The molecule has 0 aromatic heterocycles. The summed E-state index contributed by atoms with van der Waals surface area (Å²) < 4.78 is 43.9. The van der Waals surface area contributed by atoms with E-state index in [9.17, 15) is 22.8 Å². The number of nitrogens with zero attached hydrogens (tertiary/aromatic N) is 1. The Bertz CT molecular complexity index is 861. The Morgan fingerprint density at radius 3 is 2.70 bits per heavy atom. The van der Waals surface area contributed by atoms with Crippen LogP contribution in [0.5, 0.6) is 0 Å². The van der Waals surface area contributed by atoms with Gasteiger partial charge in [-0.3, -0.25) is 4.79 Å². The van der Waals surface area contributed by atoms with Crippen LogP contribution in [0.2, 0.25) is 0 Å². The average molecular weight is 425 g/mol. The monoisotopic (exact) mass is 425 g/mol. The van der Waals surface area contributed by atoms with E-state index in [0.29, 0.717) is 37.2 Å². The van der Waals surface area contributed by atoms with Gasteiger partial charge in [-0.05, 0) is 57.4 Å². The number of nitrogens with one attached hydrogen (secondary N) is 2. The maximum atomic E-state index is 13.0. The number of benzene rings is 1. The number of hydrogen-bond acceptors (Lipinski definition) is 4. The highest BCUT2D eigenvalue weighted by Crippen LogP contribution is 2.45. The molecule has 1 aromatic carbocycles. The molecule has 1 heterocycles. The number of aliphatic imine (C=N–C) groups is 1. The molecular weight excluding hydrogens is 399 g/mol. The number of hydrogen-bond donors (Lipinski definition) is 2. The fraction of sp³-hybridized carbons (Fsp3) is 0.571. The van der Waals surface area contributed by atoms with E-state index in [4.69, 9.17) is 4.74 Å². The van der Waals surface area contributed by atoms with Crippen molar-refractivity contribution in [3.05, 3.63) is 35.4 Å². The highest BCUT2D eigenvalue weighted by atomic mass is 19.4. The number of carbonyl (C=O) groups excluding carboxylic acids is 2. The molecule has 30 heavy (non-hydrogen) atoms. The second-order valence-corrected chi connectivity index (χ2v) is 8.90. The molecular formula is C21H26F3N3O3. The first-order valence-electron chi connectivity index (χ1n) is 9.84. The summed E-state index contributed by atoms with van der Waals surface area (Å²) in [7, 11) is 0. The van der Waals surface area contributed by atoms with Crippen LogP contribution in [0, 0.1) is 11.3 Å². The minimum Gasteiger partial charge on any atom is -0.442 e. The molecule has 164 valence electrons. The number of alkyl halides is 3. The molecule has 2 amide bonds. The van der Waals surface area contributed by atoms with Crippen LogP contribution in [0.1, 0.15) is 44.7 Å². The molecule has 2 aliphatic rings. The van der Waals surface area contributed by atoms with E-state index in [-0.39, 0.29) is 18.4 Å². The molecule has 2 fully saturated rings. The summed E-state index contributed by atoms with van der Waals surface area (Å²) in [5, 5.41) is 5.98. The molecule has 1 saturated carbocycles. The van der Waals surface area contributed by atoms with Crippen molar-refractivity contribution in [2.75, 3.05) is 13.1 Å². The molecule has 1 aromatic rings. The Labute approximate surface area is 173 Å². The lowest BCUT2D eigenvalue weighted by Crippen LogP contribution is -2.44. The standard InChI is InChI=1S/C21H26F3N3O3/c1-19(2,3)30-18(29)27-16-8-15-11-25-12-20(15,9-16)17(28)26-10-13-5-4-6-14(7-13)21(22,23)24/h4-7,15,25H,8-12H2,1-3H3,(H,26,28)/b27-16+/t15-,20-/m0/s1. The van der Waals surface area contributed by atoms with Gasteiger partial charge in [0.15, 0.2) is 0 Å². The van der Waals surface area contributed by atoms with E-state index < -0.39 is 28.8 Å². The summed E-state index contributed by atoms with van der Waals surface area (Å²) in [6, 6.07) is 4.90.